The molecule has 0 unspecified atom stereocenters. The van der Waals surface area contributed by atoms with Crippen molar-refractivity contribution in [3.63, 3.8) is 0 Å². The van der Waals surface area contributed by atoms with Crippen molar-refractivity contribution in [2.75, 3.05) is 14.2 Å². The molecule has 0 saturated carbocycles. The second-order valence-corrected chi connectivity index (χ2v) is 9.07. The number of methoxy groups -OCH3 is 1. The van der Waals surface area contributed by atoms with E-state index in [4.69, 9.17) is 9.72 Å². The highest BCUT2D eigenvalue weighted by Gasteiger charge is 2.31. The van der Waals surface area contributed by atoms with Gasteiger partial charge in [0.2, 0.25) is 11.6 Å². The van der Waals surface area contributed by atoms with E-state index in [1.807, 2.05) is 48.1 Å². The van der Waals surface area contributed by atoms with Gasteiger partial charge in [0.25, 0.3) is 5.91 Å². The highest BCUT2D eigenvalue weighted by Crippen LogP contribution is 2.43. The summed E-state index contributed by atoms with van der Waals surface area (Å²) < 4.78 is 7.71. The SMILES string of the molecule is C=C(C)N(C)C(=O)c1nc(-c2cccs2)c2n1CCc1cc(OC)c(-c3nnn(CC)n3)cc1-2. The summed E-state index contributed by atoms with van der Waals surface area (Å²) in [6, 6.07) is 8.08. The van der Waals surface area contributed by atoms with Crippen molar-refractivity contribution in [2.45, 2.75) is 33.4 Å². The molecule has 0 radical (unpaired) electrons. The molecular formula is C24H25N7O2S. The minimum atomic E-state index is -0.179. The Morgan fingerprint density at radius 2 is 2.15 bits per heavy atom. The van der Waals surface area contributed by atoms with Crippen LogP contribution in [-0.2, 0) is 19.5 Å². The van der Waals surface area contributed by atoms with Gasteiger partial charge in [-0.1, -0.05) is 12.6 Å². The zero-order valence-corrected chi connectivity index (χ0v) is 20.4. The van der Waals surface area contributed by atoms with E-state index in [1.165, 1.54) is 4.90 Å². The molecule has 0 aliphatic carbocycles. The van der Waals surface area contributed by atoms with Crippen LogP contribution in [0.3, 0.4) is 0 Å². The van der Waals surface area contributed by atoms with Crippen LogP contribution in [0.2, 0.25) is 0 Å². The summed E-state index contributed by atoms with van der Waals surface area (Å²) in [5, 5.41) is 14.8. The number of nitrogens with zero attached hydrogens (tertiary/aromatic N) is 7. The van der Waals surface area contributed by atoms with Crippen LogP contribution in [0.1, 0.15) is 30.0 Å². The van der Waals surface area contributed by atoms with Gasteiger partial charge in [-0.25, -0.2) is 4.98 Å². The number of hydrogen-bond donors (Lipinski definition) is 0. The van der Waals surface area contributed by atoms with Crippen molar-refractivity contribution < 1.29 is 9.53 Å². The second kappa shape index (κ2) is 8.53. The molecule has 10 heteroatoms. The monoisotopic (exact) mass is 475 g/mol. The number of amides is 1. The van der Waals surface area contributed by atoms with Gasteiger partial charge in [0.15, 0.2) is 0 Å². The number of fused-ring (bicyclic) bond motifs is 3. The second-order valence-electron chi connectivity index (χ2n) is 8.12. The summed E-state index contributed by atoms with van der Waals surface area (Å²) in [4.78, 5) is 22.3. The third kappa shape index (κ3) is 3.50. The number of tetrazole rings is 1. The minimum Gasteiger partial charge on any atom is -0.496 e. The molecule has 0 atom stereocenters. The van der Waals surface area contributed by atoms with Crippen LogP contribution in [0, 0.1) is 0 Å². The number of aryl methyl sites for hydroxylation is 2. The number of aromatic nitrogens is 6. The number of benzene rings is 1. The number of carbonyl (C=O) groups excluding carboxylic acids is 1. The van der Waals surface area contributed by atoms with Crippen LogP contribution < -0.4 is 4.74 Å². The van der Waals surface area contributed by atoms with E-state index in [0.717, 1.165) is 39.4 Å². The maximum atomic E-state index is 13.3. The Hall–Kier alpha value is -3.79. The molecule has 4 aromatic rings. The summed E-state index contributed by atoms with van der Waals surface area (Å²) in [7, 11) is 3.36. The van der Waals surface area contributed by atoms with E-state index in [1.54, 1.807) is 30.3 Å². The molecule has 4 heterocycles. The Kier molecular flexibility index (Phi) is 5.52. The average molecular weight is 476 g/mol. The van der Waals surface area contributed by atoms with Gasteiger partial charge >= 0.3 is 0 Å². The van der Waals surface area contributed by atoms with Gasteiger partial charge < -0.3 is 14.2 Å². The molecule has 174 valence electrons. The number of allylic oxidation sites excluding steroid dienone is 1. The lowest BCUT2D eigenvalue weighted by Gasteiger charge is -2.23. The molecule has 0 saturated heterocycles. The Balaban J connectivity index is 1.75. The van der Waals surface area contributed by atoms with Crippen molar-refractivity contribution in [1.29, 1.82) is 0 Å². The first-order valence-electron chi connectivity index (χ1n) is 11.0. The van der Waals surface area contributed by atoms with Gasteiger partial charge in [0.05, 0.1) is 29.8 Å². The molecule has 0 N–H and O–H groups in total. The zero-order valence-electron chi connectivity index (χ0n) is 19.6. The number of rotatable bonds is 6. The lowest BCUT2D eigenvalue weighted by molar-refractivity contribution is 0.0820. The fraction of sp³-hybridized carbons (Fsp3) is 0.292. The van der Waals surface area contributed by atoms with Gasteiger partial charge in [-0.3, -0.25) is 4.79 Å². The van der Waals surface area contributed by atoms with E-state index >= 15 is 0 Å². The Morgan fingerprint density at radius 1 is 1.32 bits per heavy atom. The first kappa shape index (κ1) is 22.0. The van der Waals surface area contributed by atoms with Gasteiger partial charge in [-0.15, -0.1) is 21.5 Å². The third-order valence-corrected chi connectivity index (χ3v) is 6.93. The number of thiophene rings is 1. The van der Waals surface area contributed by atoms with Gasteiger partial charge in [0, 0.05) is 24.9 Å². The molecule has 5 rings (SSSR count). The lowest BCUT2D eigenvalue weighted by atomic mass is 9.93. The van der Waals surface area contributed by atoms with Crippen molar-refractivity contribution in [1.82, 2.24) is 34.7 Å². The standard InChI is InChI=1S/C24H25N7O2S/c1-6-31-27-22(26-28-31)17-13-16-15(12-18(17)33-5)9-10-30-21(16)20(19-8-7-11-34-19)25-23(30)24(32)29(4)14(2)3/h7-8,11-13H,2,6,9-10H2,1,3-5H3. The summed E-state index contributed by atoms with van der Waals surface area (Å²) >= 11 is 1.60. The number of hydrogen-bond acceptors (Lipinski definition) is 7. The molecule has 1 amide bonds. The summed E-state index contributed by atoms with van der Waals surface area (Å²) in [6.45, 7) is 8.94. The van der Waals surface area contributed by atoms with Gasteiger partial charge in [0.1, 0.15) is 11.4 Å². The molecule has 0 fully saturated rings. The fourth-order valence-electron chi connectivity index (χ4n) is 4.13. The summed E-state index contributed by atoms with van der Waals surface area (Å²) in [6.07, 6.45) is 0.741. The van der Waals surface area contributed by atoms with Crippen LogP contribution in [-0.4, -0.2) is 54.7 Å². The number of carbonyl (C=O) groups is 1. The molecule has 1 aliphatic heterocycles. The molecule has 1 aliphatic rings. The van der Waals surface area contributed by atoms with Crippen LogP contribution in [0.4, 0.5) is 0 Å². The Bertz CT molecular complexity index is 1400. The lowest BCUT2D eigenvalue weighted by Crippen LogP contribution is -2.28. The molecule has 34 heavy (non-hydrogen) atoms. The normalized spacial score (nSPS) is 12.2. The first-order chi connectivity index (χ1) is 16.4. The van der Waals surface area contributed by atoms with Crippen LogP contribution in [0.15, 0.2) is 41.9 Å². The van der Waals surface area contributed by atoms with Crippen LogP contribution >= 0.6 is 11.3 Å². The van der Waals surface area contributed by atoms with Gasteiger partial charge in [-0.05, 0) is 54.6 Å². The van der Waals surface area contributed by atoms with Crippen molar-refractivity contribution >= 4 is 17.2 Å². The minimum absolute atomic E-state index is 0.179. The molecule has 3 aromatic heterocycles. The highest BCUT2D eigenvalue weighted by molar-refractivity contribution is 7.13. The predicted molar refractivity (Wildman–Crippen MR) is 131 cm³/mol. The summed E-state index contributed by atoms with van der Waals surface area (Å²) in [5.41, 5.74) is 5.22. The number of imidazole rings is 1. The largest absolute Gasteiger partial charge is 0.496 e. The maximum Gasteiger partial charge on any atom is 0.293 e. The van der Waals surface area contributed by atoms with Crippen LogP contribution in [0.25, 0.3) is 33.2 Å². The van der Waals surface area contributed by atoms with E-state index in [2.05, 4.69) is 22.0 Å². The van der Waals surface area contributed by atoms with Crippen molar-refractivity contribution in [3.05, 3.63) is 53.3 Å². The smallest absolute Gasteiger partial charge is 0.293 e. The maximum absolute atomic E-state index is 13.3. The molecule has 0 bridgehead atoms. The van der Waals surface area contributed by atoms with E-state index in [9.17, 15) is 4.79 Å². The van der Waals surface area contributed by atoms with E-state index in [-0.39, 0.29) is 5.91 Å². The van der Waals surface area contributed by atoms with Crippen LogP contribution in [0.5, 0.6) is 5.75 Å². The topological polar surface area (TPSA) is 91.0 Å². The third-order valence-electron chi connectivity index (χ3n) is 6.05. The van der Waals surface area contributed by atoms with E-state index in [0.29, 0.717) is 36.2 Å². The highest BCUT2D eigenvalue weighted by atomic mass is 32.1. The average Bonchev–Trinajstić information content (AvgIpc) is 3.61. The molecule has 1 aromatic carbocycles. The molecule has 0 spiro atoms. The fourth-order valence-corrected chi connectivity index (χ4v) is 4.84. The first-order valence-corrected chi connectivity index (χ1v) is 11.9. The molecule has 9 nitrogen and oxygen atoms in total. The Morgan fingerprint density at radius 3 is 2.79 bits per heavy atom. The van der Waals surface area contributed by atoms with E-state index < -0.39 is 0 Å². The van der Waals surface area contributed by atoms with Crippen molar-refractivity contribution in [3.8, 4) is 39.0 Å². The van der Waals surface area contributed by atoms with Gasteiger partial charge in [-0.2, -0.15) is 4.80 Å². The quantitative estimate of drug-likeness (QED) is 0.417. The predicted octanol–water partition coefficient (Wildman–Crippen LogP) is 4.12. The Labute approximate surface area is 201 Å². The molecular weight excluding hydrogens is 450 g/mol. The van der Waals surface area contributed by atoms with Crippen molar-refractivity contribution in [2.24, 2.45) is 0 Å². The summed E-state index contributed by atoms with van der Waals surface area (Å²) in [5.74, 6) is 1.41. The number of ether oxygens (including phenoxy) is 1. The zero-order chi connectivity index (χ0) is 24.0.